The molecule has 2 aromatic carbocycles. The summed E-state index contributed by atoms with van der Waals surface area (Å²) in [5.41, 5.74) is 7.20. The monoisotopic (exact) mass is 401 g/mol. The maximum absolute atomic E-state index is 12.3. The number of para-hydroxylation sites is 1. The van der Waals surface area contributed by atoms with Gasteiger partial charge >= 0.3 is 0 Å². The number of nitrogens with zero attached hydrogens (tertiary/aromatic N) is 1. The molecule has 6 nitrogen and oxygen atoms in total. The fourth-order valence-electron chi connectivity index (χ4n) is 3.37. The summed E-state index contributed by atoms with van der Waals surface area (Å²) >= 11 is 5.92. The van der Waals surface area contributed by atoms with E-state index in [0.717, 1.165) is 30.6 Å². The van der Waals surface area contributed by atoms with Crippen molar-refractivity contribution in [1.82, 2.24) is 4.90 Å². The summed E-state index contributed by atoms with van der Waals surface area (Å²) < 4.78 is 5.57. The predicted octanol–water partition coefficient (Wildman–Crippen LogP) is 3.20. The molecule has 0 radical (unpaired) electrons. The topological polar surface area (TPSA) is 84.7 Å². The second-order valence-electron chi connectivity index (χ2n) is 6.79. The van der Waals surface area contributed by atoms with Crippen molar-refractivity contribution in [3.8, 4) is 5.75 Å². The van der Waals surface area contributed by atoms with E-state index in [-0.39, 0.29) is 30.9 Å². The molecule has 2 amide bonds. The highest BCUT2D eigenvalue weighted by atomic mass is 35.5. The largest absolute Gasteiger partial charge is 0.493 e. The number of nitrogens with one attached hydrogen (secondary N) is 1. The van der Waals surface area contributed by atoms with Gasteiger partial charge < -0.3 is 15.8 Å². The number of hydrogen-bond donors (Lipinski definition) is 2. The third-order valence-electron chi connectivity index (χ3n) is 4.75. The Kier molecular flexibility index (Phi) is 6.90. The minimum absolute atomic E-state index is 0.137. The second-order valence-corrected chi connectivity index (χ2v) is 7.23. The van der Waals surface area contributed by atoms with Crippen molar-refractivity contribution in [3.05, 3.63) is 59.1 Å². The second kappa shape index (κ2) is 9.57. The molecule has 28 heavy (non-hydrogen) atoms. The number of halogens is 1. The van der Waals surface area contributed by atoms with Crippen LogP contribution in [0.1, 0.15) is 24.8 Å². The molecule has 2 aromatic rings. The first kappa shape index (κ1) is 20.2. The van der Waals surface area contributed by atoms with Gasteiger partial charge in [-0.05, 0) is 49.2 Å². The van der Waals surface area contributed by atoms with E-state index in [9.17, 15) is 9.59 Å². The first-order valence-electron chi connectivity index (χ1n) is 9.32. The maximum atomic E-state index is 12.3. The summed E-state index contributed by atoms with van der Waals surface area (Å²) in [5, 5.41) is 3.53. The van der Waals surface area contributed by atoms with Gasteiger partial charge in [0.05, 0.1) is 19.1 Å². The normalized spacial score (nSPS) is 16.7. The van der Waals surface area contributed by atoms with Crippen molar-refractivity contribution in [2.45, 2.75) is 31.8 Å². The van der Waals surface area contributed by atoms with E-state index in [1.165, 1.54) is 0 Å². The van der Waals surface area contributed by atoms with Crippen LogP contribution in [0.4, 0.5) is 5.69 Å². The summed E-state index contributed by atoms with van der Waals surface area (Å²) in [6.45, 7) is 1.65. The average Bonchev–Trinajstić information content (AvgIpc) is 3.12. The van der Waals surface area contributed by atoms with E-state index >= 15 is 0 Å². The van der Waals surface area contributed by atoms with Gasteiger partial charge in [0.1, 0.15) is 5.75 Å². The lowest BCUT2D eigenvalue weighted by molar-refractivity contribution is -0.122. The zero-order valence-electron chi connectivity index (χ0n) is 15.6. The molecular weight excluding hydrogens is 378 g/mol. The smallest absolute Gasteiger partial charge is 0.234 e. The minimum atomic E-state index is -0.294. The number of ether oxygens (including phenoxy) is 1. The Morgan fingerprint density at radius 3 is 2.82 bits per heavy atom. The van der Waals surface area contributed by atoms with Gasteiger partial charge in [-0.3, -0.25) is 14.5 Å². The van der Waals surface area contributed by atoms with Gasteiger partial charge in [-0.1, -0.05) is 35.9 Å². The number of anilines is 1. The summed E-state index contributed by atoms with van der Waals surface area (Å²) in [6, 6.07) is 14.4. The number of amides is 2. The first-order chi connectivity index (χ1) is 13.5. The fourth-order valence-corrected chi connectivity index (χ4v) is 3.55. The molecule has 7 heteroatoms. The molecule has 3 rings (SSSR count). The van der Waals surface area contributed by atoms with Gasteiger partial charge in [-0.2, -0.15) is 0 Å². The minimum Gasteiger partial charge on any atom is -0.493 e. The Balaban J connectivity index is 1.55. The van der Waals surface area contributed by atoms with Gasteiger partial charge in [0.2, 0.25) is 11.8 Å². The third kappa shape index (κ3) is 5.47. The molecule has 1 aliphatic rings. The first-order valence-corrected chi connectivity index (χ1v) is 9.70. The molecule has 1 aliphatic heterocycles. The van der Waals surface area contributed by atoms with E-state index in [2.05, 4.69) is 10.2 Å². The van der Waals surface area contributed by atoms with E-state index in [1.807, 2.05) is 24.3 Å². The van der Waals surface area contributed by atoms with Gasteiger partial charge in [-0.25, -0.2) is 0 Å². The highest BCUT2D eigenvalue weighted by Gasteiger charge is 2.29. The molecule has 0 aliphatic carbocycles. The molecule has 1 saturated heterocycles. The molecule has 148 valence electrons. The van der Waals surface area contributed by atoms with Crippen LogP contribution in [0.25, 0.3) is 0 Å². The number of primary amides is 1. The molecule has 0 saturated carbocycles. The maximum Gasteiger partial charge on any atom is 0.234 e. The highest BCUT2D eigenvalue weighted by Crippen LogP contribution is 2.24. The number of carbonyl (C=O) groups excluding carboxylic acids is 2. The molecule has 0 bridgehead atoms. The van der Waals surface area contributed by atoms with Crippen LogP contribution in [-0.2, 0) is 16.1 Å². The SMILES string of the molecule is NC(=O)C1CCCN1Cc1ccccc1NC(=O)CCOc1cccc(Cl)c1. The quantitative estimate of drug-likeness (QED) is 0.711. The van der Waals surface area contributed by atoms with Gasteiger partial charge in [0.25, 0.3) is 0 Å². The van der Waals surface area contributed by atoms with Crippen molar-refractivity contribution < 1.29 is 14.3 Å². The molecular formula is C21H24ClN3O3. The number of carbonyl (C=O) groups is 2. The van der Waals surface area contributed by atoms with Crippen molar-refractivity contribution in [2.24, 2.45) is 5.73 Å². The van der Waals surface area contributed by atoms with E-state index in [4.69, 9.17) is 22.1 Å². The van der Waals surface area contributed by atoms with Gasteiger partial charge in [0, 0.05) is 17.3 Å². The lowest BCUT2D eigenvalue weighted by Crippen LogP contribution is -2.39. The molecule has 0 spiro atoms. The standard InChI is InChI=1S/C21H24ClN3O3/c22-16-6-3-7-17(13-16)28-12-10-20(26)24-18-8-2-1-5-15(18)14-25-11-4-9-19(25)21(23)27/h1-3,5-8,13,19H,4,9-12,14H2,(H2,23,27)(H,24,26). The zero-order chi connectivity index (χ0) is 19.9. The number of hydrogen-bond acceptors (Lipinski definition) is 4. The molecule has 3 N–H and O–H groups in total. The number of nitrogens with two attached hydrogens (primary N) is 1. The molecule has 0 aromatic heterocycles. The number of benzene rings is 2. The lowest BCUT2D eigenvalue weighted by atomic mass is 10.1. The Morgan fingerprint density at radius 2 is 2.04 bits per heavy atom. The Hall–Kier alpha value is -2.57. The summed E-state index contributed by atoms with van der Waals surface area (Å²) in [4.78, 5) is 26.0. The number of rotatable bonds is 8. The summed E-state index contributed by atoms with van der Waals surface area (Å²) in [7, 11) is 0. The highest BCUT2D eigenvalue weighted by molar-refractivity contribution is 6.30. The van der Waals surface area contributed by atoms with Gasteiger partial charge in [-0.15, -0.1) is 0 Å². The average molecular weight is 402 g/mol. The molecule has 1 unspecified atom stereocenters. The van der Waals surface area contributed by atoms with Crippen LogP contribution in [0.15, 0.2) is 48.5 Å². The van der Waals surface area contributed by atoms with Crippen LogP contribution >= 0.6 is 11.6 Å². The summed E-state index contributed by atoms with van der Waals surface area (Å²) in [5.74, 6) is 0.201. The Bertz CT molecular complexity index is 843. The lowest BCUT2D eigenvalue weighted by Gasteiger charge is -2.23. The van der Waals surface area contributed by atoms with E-state index in [1.54, 1.807) is 24.3 Å². The molecule has 1 fully saturated rings. The van der Waals surface area contributed by atoms with Crippen molar-refractivity contribution in [2.75, 3.05) is 18.5 Å². The van der Waals surface area contributed by atoms with E-state index in [0.29, 0.717) is 17.3 Å². The third-order valence-corrected chi connectivity index (χ3v) is 4.99. The van der Waals surface area contributed by atoms with Crippen molar-refractivity contribution in [1.29, 1.82) is 0 Å². The van der Waals surface area contributed by atoms with Crippen LogP contribution in [0, 0.1) is 0 Å². The Morgan fingerprint density at radius 1 is 1.21 bits per heavy atom. The van der Waals surface area contributed by atoms with Crippen LogP contribution < -0.4 is 15.8 Å². The van der Waals surface area contributed by atoms with Gasteiger partial charge in [0.15, 0.2) is 0 Å². The molecule has 1 atom stereocenters. The number of likely N-dealkylation sites (tertiary alicyclic amines) is 1. The van der Waals surface area contributed by atoms with Crippen LogP contribution in [-0.4, -0.2) is 35.9 Å². The fraction of sp³-hybridized carbons (Fsp3) is 0.333. The predicted molar refractivity (Wildman–Crippen MR) is 109 cm³/mol. The van der Waals surface area contributed by atoms with E-state index < -0.39 is 0 Å². The summed E-state index contributed by atoms with van der Waals surface area (Å²) in [6.07, 6.45) is 1.95. The van der Waals surface area contributed by atoms with Crippen molar-refractivity contribution >= 4 is 29.1 Å². The zero-order valence-corrected chi connectivity index (χ0v) is 16.3. The van der Waals surface area contributed by atoms with Crippen LogP contribution in [0.2, 0.25) is 5.02 Å². The Labute approximate surface area is 169 Å². The van der Waals surface area contributed by atoms with Crippen LogP contribution in [0.5, 0.6) is 5.75 Å². The van der Waals surface area contributed by atoms with Crippen LogP contribution in [0.3, 0.4) is 0 Å². The van der Waals surface area contributed by atoms with Crippen molar-refractivity contribution in [3.63, 3.8) is 0 Å². The molecule has 1 heterocycles.